The van der Waals surface area contributed by atoms with Gasteiger partial charge in [-0.1, -0.05) is 11.8 Å². The van der Waals surface area contributed by atoms with Gasteiger partial charge in [-0.3, -0.25) is 9.59 Å². The fraction of sp³-hybridized carbons (Fsp3) is 0.267. The molecule has 0 aliphatic rings. The van der Waals surface area contributed by atoms with Crippen molar-refractivity contribution in [3.8, 4) is 22.9 Å². The number of aromatic nitrogens is 2. The second-order valence-electron chi connectivity index (χ2n) is 8.31. The summed E-state index contributed by atoms with van der Waals surface area (Å²) in [6.07, 6.45) is 0. The zero-order chi connectivity index (χ0) is 33.9. The van der Waals surface area contributed by atoms with Crippen LogP contribution in [0, 0.1) is 13.8 Å². The van der Waals surface area contributed by atoms with Crippen LogP contribution in [0.4, 0.5) is 0 Å². The smallest absolute Gasteiger partial charge is 1.00 e. The number of ether oxygens (including phenoxy) is 2. The van der Waals surface area contributed by atoms with Gasteiger partial charge in [0.1, 0.15) is 11.5 Å². The zero-order valence-corrected chi connectivity index (χ0v) is 35.3. The first-order valence-corrected chi connectivity index (χ1v) is 14.4. The van der Waals surface area contributed by atoms with Crippen LogP contribution in [0.15, 0.2) is 57.4 Å². The van der Waals surface area contributed by atoms with E-state index in [1.54, 1.807) is 48.5 Å². The molecule has 2 aromatic heterocycles. The van der Waals surface area contributed by atoms with Gasteiger partial charge >= 0.3 is 115 Å². The summed E-state index contributed by atoms with van der Waals surface area (Å²) in [5.74, 6) is 2.74. The van der Waals surface area contributed by atoms with E-state index in [9.17, 15) is 14.4 Å². The molecule has 0 radical (unpaired) electrons. The van der Waals surface area contributed by atoms with Gasteiger partial charge in [0.15, 0.2) is 5.12 Å². The molecule has 0 unspecified atom stereocenters. The number of carbonyl (C=O) groups excluding carboxylic acids is 4. The molecule has 0 amide bonds. The Balaban J connectivity index is -0.000000692. The fourth-order valence-corrected chi connectivity index (χ4v) is 4.19. The van der Waals surface area contributed by atoms with Gasteiger partial charge in [0, 0.05) is 36.7 Å². The number of methoxy groups -OCH3 is 2. The molecule has 0 spiro atoms. The SMILES string of the molecule is CO.COC(=O)c1ccc(-c2nc(CS)c(C)o2)cc1.COC(=O)c1ccc(-c2nc(CSC(C)=O)c(C)o2)cc1.O=CO[O-].[H-].[K+].[K+]. The maximum Gasteiger partial charge on any atom is 1.00 e. The van der Waals surface area contributed by atoms with Crippen LogP contribution in [0.2, 0.25) is 0 Å². The Morgan fingerprint density at radius 3 is 1.51 bits per heavy atom. The third-order valence-corrected chi connectivity index (χ3v) is 6.62. The van der Waals surface area contributed by atoms with Crippen LogP contribution in [-0.2, 0) is 35.5 Å². The summed E-state index contributed by atoms with van der Waals surface area (Å²) in [6.45, 7) is 5.01. The van der Waals surface area contributed by atoms with Crippen molar-refractivity contribution in [2.75, 3.05) is 21.3 Å². The van der Waals surface area contributed by atoms with Crippen LogP contribution in [0.5, 0.6) is 0 Å². The first kappa shape index (κ1) is 47.9. The van der Waals surface area contributed by atoms with E-state index in [0.29, 0.717) is 40.2 Å². The van der Waals surface area contributed by atoms with E-state index in [2.05, 4.69) is 37.0 Å². The van der Waals surface area contributed by atoms with Crippen LogP contribution in [0.25, 0.3) is 22.9 Å². The van der Waals surface area contributed by atoms with E-state index in [0.717, 1.165) is 35.4 Å². The normalized spacial score (nSPS) is 9.21. The van der Waals surface area contributed by atoms with Crippen molar-refractivity contribution in [1.29, 1.82) is 0 Å². The van der Waals surface area contributed by atoms with Gasteiger partial charge in [0.05, 0.1) is 36.7 Å². The summed E-state index contributed by atoms with van der Waals surface area (Å²) in [5, 5.41) is 15.5. The number of nitrogens with zero attached hydrogens (tertiary/aromatic N) is 2. The number of aliphatic hydroxyl groups excluding tert-OH is 1. The van der Waals surface area contributed by atoms with Crippen LogP contribution in [0.1, 0.15) is 52.0 Å². The summed E-state index contributed by atoms with van der Waals surface area (Å²) >= 11 is 5.37. The number of aryl methyl sites for hydroxylation is 2. The van der Waals surface area contributed by atoms with Gasteiger partial charge in [-0.2, -0.15) is 12.6 Å². The summed E-state index contributed by atoms with van der Waals surface area (Å²) in [7, 11) is 3.69. The van der Waals surface area contributed by atoms with Crippen molar-refractivity contribution >= 4 is 47.9 Å². The van der Waals surface area contributed by atoms with Crippen molar-refractivity contribution in [3.05, 3.63) is 82.6 Å². The van der Waals surface area contributed by atoms with Crippen molar-refractivity contribution in [2.24, 2.45) is 0 Å². The summed E-state index contributed by atoms with van der Waals surface area (Å²) < 4.78 is 20.4. The van der Waals surface area contributed by atoms with Crippen LogP contribution >= 0.6 is 24.4 Å². The Morgan fingerprint density at radius 1 is 0.851 bits per heavy atom. The van der Waals surface area contributed by atoms with Gasteiger partial charge in [0.2, 0.25) is 11.8 Å². The molecule has 244 valence electrons. The molecule has 0 saturated carbocycles. The molecule has 13 nitrogen and oxygen atoms in total. The molecule has 0 atom stereocenters. The van der Waals surface area contributed by atoms with Gasteiger partial charge in [-0.05, 0) is 62.4 Å². The molecule has 2 aromatic carbocycles. The van der Waals surface area contributed by atoms with Gasteiger partial charge in [0.25, 0.3) is 6.47 Å². The maximum absolute atomic E-state index is 11.4. The number of rotatable bonds is 8. The maximum atomic E-state index is 11.4. The average Bonchev–Trinajstić information content (AvgIpc) is 3.65. The Labute approximate surface area is 368 Å². The Kier molecular flexibility index (Phi) is 27.2. The predicted molar refractivity (Wildman–Crippen MR) is 167 cm³/mol. The number of esters is 2. The first-order chi connectivity index (χ1) is 21.6. The third-order valence-electron chi connectivity index (χ3n) is 5.49. The number of oxazole rings is 2. The van der Waals surface area contributed by atoms with Crippen molar-refractivity contribution in [2.45, 2.75) is 32.3 Å². The zero-order valence-electron chi connectivity index (χ0n) is 28.4. The molecule has 0 bridgehead atoms. The quantitative estimate of drug-likeness (QED) is 0.0516. The van der Waals surface area contributed by atoms with E-state index < -0.39 is 0 Å². The van der Waals surface area contributed by atoms with Gasteiger partial charge in [-0.15, -0.1) is 0 Å². The number of carbonyl (C=O) groups is 4. The van der Waals surface area contributed by atoms with Crippen molar-refractivity contribution in [1.82, 2.24) is 9.97 Å². The third kappa shape index (κ3) is 16.4. The van der Waals surface area contributed by atoms with Crippen LogP contribution in [0.3, 0.4) is 0 Å². The van der Waals surface area contributed by atoms with Gasteiger partial charge < -0.3 is 35.0 Å². The van der Waals surface area contributed by atoms with Crippen LogP contribution in [-0.4, -0.2) is 59.9 Å². The first-order valence-electron chi connectivity index (χ1n) is 12.8. The van der Waals surface area contributed by atoms with Gasteiger partial charge in [-0.25, -0.2) is 19.6 Å². The molecule has 2 heterocycles. The topological polar surface area (TPSA) is 191 Å². The molecular weight excluding hydrogens is 707 g/mol. The van der Waals surface area contributed by atoms with E-state index >= 15 is 0 Å². The van der Waals surface area contributed by atoms with Crippen LogP contribution < -0.4 is 108 Å². The molecule has 0 fully saturated rings. The second kappa shape index (κ2) is 26.7. The van der Waals surface area contributed by atoms with E-state index in [1.165, 1.54) is 32.9 Å². The molecular formula is C30H34K2N2O11S2. The van der Waals surface area contributed by atoms with E-state index in [4.69, 9.17) is 24.0 Å². The molecule has 4 aromatic rings. The Morgan fingerprint density at radius 2 is 1.21 bits per heavy atom. The number of hydrogen-bond donors (Lipinski definition) is 2. The monoisotopic (exact) mass is 740 g/mol. The van der Waals surface area contributed by atoms with Crippen molar-refractivity contribution in [3.63, 3.8) is 0 Å². The second-order valence-corrected chi connectivity index (χ2v) is 9.78. The average molecular weight is 741 g/mol. The Bertz CT molecular complexity index is 1530. The molecule has 47 heavy (non-hydrogen) atoms. The standard InChI is InChI=1S/C15H15NO4S.C13H13NO3S.CH2O3.CH4O.2K.H/c1-9-13(8-21-10(2)17)16-14(20-9)11-4-6-12(7-5-11)15(18)19-3;1-8-11(7-18)14-12(17-8)9-3-5-10(6-4-9)13(15)16-2;2-1-4-3;1-2;;;/h4-7H,8H2,1-3H3;3-6,18H,7H2,1-2H3;1,3H;2H,1H3;;;/q;;;;2*+1;-1/p-1. The minimum atomic E-state index is -0.385. The van der Waals surface area contributed by atoms with E-state index in [1.807, 2.05) is 13.8 Å². The summed E-state index contributed by atoms with van der Waals surface area (Å²) in [5.41, 5.74) is 4.13. The molecule has 17 heteroatoms. The summed E-state index contributed by atoms with van der Waals surface area (Å²) in [4.78, 5) is 53.6. The van der Waals surface area contributed by atoms with Crippen molar-refractivity contribution < 1.29 is 157 Å². The summed E-state index contributed by atoms with van der Waals surface area (Å²) in [6, 6.07) is 13.7. The number of thiol groups is 1. The Hall–Kier alpha value is -1.17. The minimum Gasteiger partial charge on any atom is -1.00 e. The largest absolute Gasteiger partial charge is 1.00 e. The predicted octanol–water partition coefficient (Wildman–Crippen LogP) is -1.75. The number of aliphatic hydroxyl groups is 1. The molecule has 4 rings (SSSR count). The number of hydrogen-bond acceptors (Lipinski definition) is 15. The molecule has 1 N–H and O–H groups in total. The number of thioether (sulfide) groups is 1. The van der Waals surface area contributed by atoms with E-state index in [-0.39, 0.29) is 128 Å². The fourth-order valence-electron chi connectivity index (χ4n) is 3.29. The minimum absolute atomic E-state index is 0. The molecule has 0 aliphatic heterocycles. The molecule has 0 aliphatic carbocycles. The number of benzene rings is 2. The molecule has 0 saturated heterocycles.